The molecule has 3 rings (SSSR count). The van der Waals surface area contributed by atoms with Crippen molar-refractivity contribution < 1.29 is 4.79 Å². The number of aromatic nitrogens is 2. The summed E-state index contributed by atoms with van der Waals surface area (Å²) in [5.74, 6) is -0.248. The van der Waals surface area contributed by atoms with Gasteiger partial charge in [-0.25, -0.2) is 0 Å². The van der Waals surface area contributed by atoms with Crippen LogP contribution in [0.4, 0.5) is 5.69 Å². The maximum Gasteiger partial charge on any atom is 0.273 e. The monoisotopic (exact) mass is 359 g/mol. The zero-order chi connectivity index (χ0) is 17.3. The van der Waals surface area contributed by atoms with Gasteiger partial charge in [-0.3, -0.25) is 9.89 Å². The van der Waals surface area contributed by atoms with Crippen LogP contribution in [0.2, 0.25) is 10.0 Å². The molecule has 0 aliphatic rings. The van der Waals surface area contributed by atoms with Crippen molar-refractivity contribution in [2.45, 2.75) is 13.8 Å². The number of nitrogens with zero attached hydrogens (tertiary/aromatic N) is 1. The standard InChI is InChI=1S/C18H15Cl2N3O/c1-10-3-4-11(2)15(7-10)21-18(24)17-9-16(22-23-17)12-5-6-13(19)14(20)8-12/h3-9H,1-2H3,(H,21,24)(H,22,23). The van der Waals surface area contributed by atoms with Gasteiger partial charge in [0, 0.05) is 11.3 Å². The average Bonchev–Trinajstić information content (AvgIpc) is 3.03. The van der Waals surface area contributed by atoms with Crippen molar-refractivity contribution in [3.63, 3.8) is 0 Å². The molecule has 0 aliphatic heterocycles. The first-order valence-electron chi connectivity index (χ1n) is 7.33. The Labute approximate surface area is 149 Å². The van der Waals surface area contributed by atoms with E-state index in [2.05, 4.69) is 15.5 Å². The molecular formula is C18H15Cl2N3O. The fourth-order valence-corrected chi connectivity index (χ4v) is 2.60. The van der Waals surface area contributed by atoms with Gasteiger partial charge >= 0.3 is 0 Å². The number of halogens is 2. The van der Waals surface area contributed by atoms with Crippen molar-refractivity contribution in [3.8, 4) is 11.3 Å². The van der Waals surface area contributed by atoms with E-state index in [1.165, 1.54) is 0 Å². The summed E-state index contributed by atoms with van der Waals surface area (Å²) in [5, 5.41) is 10.7. The molecule has 0 unspecified atom stereocenters. The molecule has 0 saturated heterocycles. The van der Waals surface area contributed by atoms with E-state index in [-0.39, 0.29) is 5.91 Å². The molecule has 0 saturated carbocycles. The molecule has 2 N–H and O–H groups in total. The highest BCUT2D eigenvalue weighted by Crippen LogP contribution is 2.28. The summed E-state index contributed by atoms with van der Waals surface area (Å²) in [7, 11) is 0. The summed E-state index contributed by atoms with van der Waals surface area (Å²) in [5.41, 5.74) is 4.64. The lowest BCUT2D eigenvalue weighted by Gasteiger charge is -2.08. The second-order valence-electron chi connectivity index (χ2n) is 5.57. The number of aromatic amines is 1. The average molecular weight is 360 g/mol. The zero-order valence-corrected chi connectivity index (χ0v) is 14.7. The molecule has 2 aromatic carbocycles. The molecular weight excluding hydrogens is 345 g/mol. The number of benzene rings is 2. The van der Waals surface area contributed by atoms with E-state index >= 15 is 0 Å². The minimum atomic E-state index is -0.248. The highest BCUT2D eigenvalue weighted by Gasteiger charge is 2.13. The Kier molecular flexibility index (Phi) is 4.60. The predicted molar refractivity (Wildman–Crippen MR) is 97.9 cm³/mol. The van der Waals surface area contributed by atoms with E-state index in [9.17, 15) is 4.79 Å². The highest BCUT2D eigenvalue weighted by molar-refractivity contribution is 6.42. The van der Waals surface area contributed by atoms with Gasteiger partial charge in [-0.1, -0.05) is 41.4 Å². The lowest BCUT2D eigenvalue weighted by molar-refractivity contribution is 0.102. The third-order valence-corrected chi connectivity index (χ3v) is 4.42. The van der Waals surface area contributed by atoms with Crippen molar-refractivity contribution in [1.82, 2.24) is 10.2 Å². The number of anilines is 1. The van der Waals surface area contributed by atoms with Crippen LogP contribution in [-0.2, 0) is 0 Å². The normalized spacial score (nSPS) is 10.7. The van der Waals surface area contributed by atoms with Crippen LogP contribution < -0.4 is 5.32 Å². The Hall–Kier alpha value is -2.30. The van der Waals surface area contributed by atoms with E-state index < -0.39 is 0 Å². The van der Waals surface area contributed by atoms with Gasteiger partial charge in [0.2, 0.25) is 0 Å². The summed E-state index contributed by atoms with van der Waals surface area (Å²) in [4.78, 5) is 12.4. The Morgan fingerprint density at radius 2 is 1.83 bits per heavy atom. The summed E-state index contributed by atoms with van der Waals surface area (Å²) >= 11 is 11.9. The van der Waals surface area contributed by atoms with Gasteiger partial charge in [0.25, 0.3) is 5.91 Å². The Balaban J connectivity index is 1.83. The van der Waals surface area contributed by atoms with Crippen LogP contribution in [-0.4, -0.2) is 16.1 Å². The van der Waals surface area contributed by atoms with Gasteiger partial charge in [-0.15, -0.1) is 0 Å². The number of aryl methyl sites for hydroxylation is 2. The maximum atomic E-state index is 12.4. The quantitative estimate of drug-likeness (QED) is 0.670. The zero-order valence-electron chi connectivity index (χ0n) is 13.2. The van der Waals surface area contributed by atoms with Gasteiger partial charge in [0.15, 0.2) is 0 Å². The van der Waals surface area contributed by atoms with Crippen LogP contribution in [0.1, 0.15) is 21.6 Å². The number of nitrogens with one attached hydrogen (secondary N) is 2. The molecule has 0 atom stereocenters. The van der Waals surface area contributed by atoms with Crippen LogP contribution in [0.15, 0.2) is 42.5 Å². The van der Waals surface area contributed by atoms with Gasteiger partial charge < -0.3 is 5.32 Å². The van der Waals surface area contributed by atoms with E-state index in [1.807, 2.05) is 32.0 Å². The van der Waals surface area contributed by atoms with E-state index in [1.54, 1.807) is 24.3 Å². The third-order valence-electron chi connectivity index (χ3n) is 3.68. The smallest absolute Gasteiger partial charge is 0.273 e. The van der Waals surface area contributed by atoms with Gasteiger partial charge in [-0.2, -0.15) is 5.10 Å². The first kappa shape index (κ1) is 16.6. The number of carbonyl (C=O) groups excluding carboxylic acids is 1. The van der Waals surface area contributed by atoms with E-state index in [0.29, 0.717) is 21.4 Å². The minimum Gasteiger partial charge on any atom is -0.320 e. The fraction of sp³-hybridized carbons (Fsp3) is 0.111. The molecule has 1 heterocycles. The first-order chi connectivity index (χ1) is 11.4. The minimum absolute atomic E-state index is 0.248. The van der Waals surface area contributed by atoms with Crippen LogP contribution >= 0.6 is 23.2 Å². The number of hydrogen-bond acceptors (Lipinski definition) is 2. The molecule has 4 nitrogen and oxygen atoms in total. The van der Waals surface area contributed by atoms with Crippen molar-refractivity contribution in [1.29, 1.82) is 0 Å². The number of hydrogen-bond donors (Lipinski definition) is 2. The molecule has 0 bridgehead atoms. The summed E-state index contributed by atoms with van der Waals surface area (Å²) in [6, 6.07) is 12.8. The van der Waals surface area contributed by atoms with Gasteiger partial charge in [0.1, 0.15) is 5.69 Å². The highest BCUT2D eigenvalue weighted by atomic mass is 35.5. The molecule has 0 fully saturated rings. The van der Waals surface area contributed by atoms with Crippen LogP contribution in [0.5, 0.6) is 0 Å². The van der Waals surface area contributed by atoms with Crippen molar-refractivity contribution >= 4 is 34.8 Å². The summed E-state index contributed by atoms with van der Waals surface area (Å²) < 4.78 is 0. The molecule has 24 heavy (non-hydrogen) atoms. The molecule has 0 aliphatic carbocycles. The molecule has 1 amide bonds. The number of rotatable bonds is 3. The Bertz CT molecular complexity index is 918. The van der Waals surface area contributed by atoms with Crippen LogP contribution in [0, 0.1) is 13.8 Å². The number of amides is 1. The molecule has 0 radical (unpaired) electrons. The molecule has 0 spiro atoms. The molecule has 6 heteroatoms. The lowest BCUT2D eigenvalue weighted by atomic mass is 10.1. The summed E-state index contributed by atoms with van der Waals surface area (Å²) in [6.45, 7) is 3.93. The second kappa shape index (κ2) is 6.67. The predicted octanol–water partition coefficient (Wildman–Crippen LogP) is 5.25. The second-order valence-corrected chi connectivity index (χ2v) is 6.38. The fourth-order valence-electron chi connectivity index (χ4n) is 2.30. The van der Waals surface area contributed by atoms with Crippen molar-refractivity contribution in [2.24, 2.45) is 0 Å². The van der Waals surface area contributed by atoms with Gasteiger partial charge in [0.05, 0.1) is 15.7 Å². The molecule has 3 aromatic rings. The third kappa shape index (κ3) is 3.45. The summed E-state index contributed by atoms with van der Waals surface area (Å²) in [6.07, 6.45) is 0. The van der Waals surface area contributed by atoms with E-state index in [0.717, 1.165) is 22.4 Å². The van der Waals surface area contributed by atoms with Crippen molar-refractivity contribution in [2.75, 3.05) is 5.32 Å². The largest absolute Gasteiger partial charge is 0.320 e. The number of H-pyrrole nitrogens is 1. The Morgan fingerprint density at radius 3 is 2.58 bits per heavy atom. The Morgan fingerprint density at radius 1 is 1.04 bits per heavy atom. The maximum absolute atomic E-state index is 12.4. The van der Waals surface area contributed by atoms with Gasteiger partial charge in [-0.05, 0) is 49.2 Å². The molecule has 122 valence electrons. The van der Waals surface area contributed by atoms with Crippen LogP contribution in [0.25, 0.3) is 11.3 Å². The van der Waals surface area contributed by atoms with Crippen LogP contribution in [0.3, 0.4) is 0 Å². The van der Waals surface area contributed by atoms with Crippen molar-refractivity contribution in [3.05, 3.63) is 69.3 Å². The topological polar surface area (TPSA) is 57.8 Å². The molecule has 1 aromatic heterocycles. The number of carbonyl (C=O) groups is 1. The van der Waals surface area contributed by atoms with E-state index in [4.69, 9.17) is 23.2 Å². The SMILES string of the molecule is Cc1ccc(C)c(NC(=O)c2cc(-c3ccc(Cl)c(Cl)c3)n[nH]2)c1. The first-order valence-corrected chi connectivity index (χ1v) is 8.09. The lowest BCUT2D eigenvalue weighted by Crippen LogP contribution is -2.13.